The van der Waals surface area contributed by atoms with Crippen LogP contribution in [-0.4, -0.2) is 37.2 Å². The molecule has 6 heteroatoms. The van der Waals surface area contributed by atoms with E-state index in [-0.39, 0.29) is 31.1 Å². The summed E-state index contributed by atoms with van der Waals surface area (Å²) in [6.07, 6.45) is 53.8. The third kappa shape index (κ3) is 47.1. The van der Waals surface area contributed by atoms with E-state index in [9.17, 15) is 14.4 Å². The molecule has 0 rings (SSSR count). The molecule has 0 aromatic rings. The van der Waals surface area contributed by atoms with Gasteiger partial charge in [0.25, 0.3) is 0 Å². The zero-order chi connectivity index (χ0) is 43.0. The maximum Gasteiger partial charge on any atom is 0.306 e. The fourth-order valence-corrected chi connectivity index (χ4v) is 7.79. The molecule has 0 saturated carbocycles. The van der Waals surface area contributed by atoms with Crippen molar-refractivity contribution in [3.63, 3.8) is 0 Å². The highest BCUT2D eigenvalue weighted by Crippen LogP contribution is 2.16. The molecule has 0 amide bonds. The van der Waals surface area contributed by atoms with Gasteiger partial charge in [-0.3, -0.25) is 14.4 Å². The molecular weight excluding hydrogens is 733 g/mol. The zero-order valence-corrected chi connectivity index (χ0v) is 39.8. The molecule has 59 heavy (non-hydrogen) atoms. The van der Waals surface area contributed by atoms with Gasteiger partial charge in [-0.05, 0) is 44.9 Å². The SMILES string of the molecule is CCCCCCCCC/C=C\CCCCCCCC(=O)OC(COC(=O)CCCCCCC)COC(=O)CCCCCCCCCCCCCCCCCCCCCC. The van der Waals surface area contributed by atoms with Gasteiger partial charge in [0.05, 0.1) is 0 Å². The van der Waals surface area contributed by atoms with E-state index in [4.69, 9.17) is 14.2 Å². The van der Waals surface area contributed by atoms with Crippen molar-refractivity contribution in [2.45, 2.75) is 297 Å². The van der Waals surface area contributed by atoms with E-state index in [1.165, 1.54) is 180 Å². The van der Waals surface area contributed by atoms with Gasteiger partial charge in [0.15, 0.2) is 6.10 Å². The number of carbonyl (C=O) groups excluding carboxylic acids is 3. The largest absolute Gasteiger partial charge is 0.462 e. The Morgan fingerprint density at radius 2 is 0.559 bits per heavy atom. The first kappa shape index (κ1) is 57.1. The second-order valence-corrected chi connectivity index (χ2v) is 17.8. The number of rotatable bonds is 48. The molecule has 0 fully saturated rings. The Kier molecular flexibility index (Phi) is 47.3. The Hall–Kier alpha value is -1.85. The van der Waals surface area contributed by atoms with Crippen molar-refractivity contribution in [3.05, 3.63) is 12.2 Å². The van der Waals surface area contributed by atoms with Crippen molar-refractivity contribution in [1.82, 2.24) is 0 Å². The molecule has 0 bridgehead atoms. The minimum absolute atomic E-state index is 0.0694. The van der Waals surface area contributed by atoms with Crippen LogP contribution in [0.1, 0.15) is 290 Å². The number of allylic oxidation sites excluding steroid dienone is 2. The van der Waals surface area contributed by atoms with Crippen LogP contribution in [0, 0.1) is 0 Å². The predicted molar refractivity (Wildman–Crippen MR) is 252 cm³/mol. The van der Waals surface area contributed by atoms with Crippen molar-refractivity contribution < 1.29 is 28.6 Å². The lowest BCUT2D eigenvalue weighted by atomic mass is 10.0. The van der Waals surface area contributed by atoms with E-state index in [2.05, 4.69) is 32.9 Å². The van der Waals surface area contributed by atoms with Crippen molar-refractivity contribution in [2.75, 3.05) is 13.2 Å². The summed E-state index contributed by atoms with van der Waals surface area (Å²) in [6, 6.07) is 0. The number of carbonyl (C=O) groups is 3. The smallest absolute Gasteiger partial charge is 0.306 e. The monoisotopic (exact) mass is 833 g/mol. The summed E-state index contributed by atoms with van der Waals surface area (Å²) in [5, 5.41) is 0. The molecule has 0 heterocycles. The van der Waals surface area contributed by atoms with Gasteiger partial charge in [-0.1, -0.05) is 238 Å². The predicted octanol–water partition coefficient (Wildman–Crippen LogP) is 17.0. The van der Waals surface area contributed by atoms with Gasteiger partial charge in [0.1, 0.15) is 13.2 Å². The Labute approximate surface area is 367 Å². The molecule has 0 aliphatic carbocycles. The standard InChI is InChI=1S/C53H100O6/c1-4-7-10-13-15-17-19-21-23-25-26-27-28-30-31-33-35-37-40-43-46-52(55)58-49-50(48-57-51(54)45-42-39-12-9-6-3)59-53(56)47-44-41-38-36-34-32-29-24-22-20-18-16-14-11-8-5-2/h24,29,50H,4-23,25-28,30-49H2,1-3H3/b29-24-. The summed E-state index contributed by atoms with van der Waals surface area (Å²) in [4.78, 5) is 37.6. The topological polar surface area (TPSA) is 78.9 Å². The van der Waals surface area contributed by atoms with E-state index in [1.54, 1.807) is 0 Å². The lowest BCUT2D eigenvalue weighted by molar-refractivity contribution is -0.167. The van der Waals surface area contributed by atoms with Crippen LogP contribution in [0.25, 0.3) is 0 Å². The van der Waals surface area contributed by atoms with Crippen LogP contribution in [0.3, 0.4) is 0 Å². The number of hydrogen-bond donors (Lipinski definition) is 0. The molecule has 0 saturated heterocycles. The summed E-state index contributed by atoms with van der Waals surface area (Å²) < 4.78 is 16.7. The highest BCUT2D eigenvalue weighted by molar-refractivity contribution is 5.71. The summed E-state index contributed by atoms with van der Waals surface area (Å²) in [5.74, 6) is -0.877. The van der Waals surface area contributed by atoms with E-state index < -0.39 is 6.10 Å². The summed E-state index contributed by atoms with van der Waals surface area (Å²) in [7, 11) is 0. The summed E-state index contributed by atoms with van der Waals surface area (Å²) in [5.41, 5.74) is 0. The van der Waals surface area contributed by atoms with Gasteiger partial charge >= 0.3 is 17.9 Å². The van der Waals surface area contributed by atoms with Gasteiger partial charge in [0, 0.05) is 19.3 Å². The molecule has 1 unspecified atom stereocenters. The molecular formula is C53H100O6. The third-order valence-electron chi connectivity index (χ3n) is 11.8. The van der Waals surface area contributed by atoms with E-state index in [1.807, 2.05) is 0 Å². The molecule has 0 aliphatic heterocycles. The minimum Gasteiger partial charge on any atom is -0.462 e. The molecule has 348 valence electrons. The average molecular weight is 833 g/mol. The molecule has 0 aromatic carbocycles. The Balaban J connectivity index is 4.10. The number of hydrogen-bond acceptors (Lipinski definition) is 6. The van der Waals surface area contributed by atoms with Crippen molar-refractivity contribution in [2.24, 2.45) is 0 Å². The van der Waals surface area contributed by atoms with Gasteiger partial charge < -0.3 is 14.2 Å². The Bertz CT molecular complexity index is 916. The average Bonchev–Trinajstić information content (AvgIpc) is 3.23. The first-order chi connectivity index (χ1) is 29.0. The lowest BCUT2D eigenvalue weighted by Crippen LogP contribution is -2.30. The quantitative estimate of drug-likeness (QED) is 0.0263. The molecule has 0 radical (unpaired) electrons. The van der Waals surface area contributed by atoms with Gasteiger partial charge in [-0.2, -0.15) is 0 Å². The van der Waals surface area contributed by atoms with Crippen molar-refractivity contribution in [3.8, 4) is 0 Å². The van der Waals surface area contributed by atoms with Crippen molar-refractivity contribution in [1.29, 1.82) is 0 Å². The Morgan fingerprint density at radius 1 is 0.322 bits per heavy atom. The highest BCUT2D eigenvalue weighted by Gasteiger charge is 2.19. The van der Waals surface area contributed by atoms with E-state index in [0.717, 1.165) is 70.6 Å². The van der Waals surface area contributed by atoms with Crippen molar-refractivity contribution >= 4 is 17.9 Å². The maximum atomic E-state index is 12.7. The molecule has 0 spiro atoms. The van der Waals surface area contributed by atoms with Gasteiger partial charge in [-0.15, -0.1) is 0 Å². The maximum absolute atomic E-state index is 12.7. The van der Waals surface area contributed by atoms with Crippen LogP contribution in [0.4, 0.5) is 0 Å². The zero-order valence-electron chi connectivity index (χ0n) is 39.8. The second-order valence-electron chi connectivity index (χ2n) is 17.8. The molecule has 0 aliphatic rings. The van der Waals surface area contributed by atoms with Gasteiger partial charge in [0.2, 0.25) is 0 Å². The lowest BCUT2D eigenvalue weighted by Gasteiger charge is -2.18. The first-order valence-corrected chi connectivity index (χ1v) is 26.2. The van der Waals surface area contributed by atoms with Crippen LogP contribution in [0.15, 0.2) is 12.2 Å². The number of unbranched alkanes of at least 4 members (excludes halogenated alkanes) is 35. The van der Waals surface area contributed by atoms with Gasteiger partial charge in [-0.25, -0.2) is 0 Å². The van der Waals surface area contributed by atoms with Crippen LogP contribution in [0.5, 0.6) is 0 Å². The minimum atomic E-state index is -0.766. The molecule has 0 N–H and O–H groups in total. The fourth-order valence-electron chi connectivity index (χ4n) is 7.79. The summed E-state index contributed by atoms with van der Waals surface area (Å²) in [6.45, 7) is 6.58. The molecule has 0 aromatic heterocycles. The molecule has 6 nitrogen and oxygen atoms in total. The summed E-state index contributed by atoms with van der Waals surface area (Å²) >= 11 is 0. The van der Waals surface area contributed by atoms with Crippen LogP contribution >= 0.6 is 0 Å². The van der Waals surface area contributed by atoms with Crippen LogP contribution in [-0.2, 0) is 28.6 Å². The first-order valence-electron chi connectivity index (χ1n) is 26.2. The second kappa shape index (κ2) is 48.8. The third-order valence-corrected chi connectivity index (χ3v) is 11.8. The molecule has 1 atom stereocenters. The van der Waals surface area contributed by atoms with E-state index >= 15 is 0 Å². The van der Waals surface area contributed by atoms with E-state index in [0.29, 0.717) is 19.3 Å². The fraction of sp³-hybridized carbons (Fsp3) is 0.906. The van der Waals surface area contributed by atoms with Crippen LogP contribution in [0.2, 0.25) is 0 Å². The number of ether oxygens (including phenoxy) is 3. The normalized spacial score (nSPS) is 12.0. The Morgan fingerprint density at radius 3 is 0.847 bits per heavy atom. The highest BCUT2D eigenvalue weighted by atomic mass is 16.6. The van der Waals surface area contributed by atoms with Crippen LogP contribution < -0.4 is 0 Å². The number of esters is 3.